The number of hydrogen-bond acceptors (Lipinski definition) is 6. The second kappa shape index (κ2) is 14.1. The van der Waals surface area contributed by atoms with Crippen molar-refractivity contribution in [1.29, 1.82) is 0 Å². The van der Waals surface area contributed by atoms with Crippen LogP contribution in [0.15, 0.2) is 41.8 Å². The number of ether oxygens (including phenoxy) is 1. The van der Waals surface area contributed by atoms with Gasteiger partial charge in [0.1, 0.15) is 5.82 Å². The maximum atomic E-state index is 13.1. The van der Waals surface area contributed by atoms with E-state index in [0.29, 0.717) is 0 Å². The van der Waals surface area contributed by atoms with E-state index < -0.39 is 24.3 Å². The molecule has 7 nitrogen and oxygen atoms in total. The summed E-state index contributed by atoms with van der Waals surface area (Å²) in [5.41, 5.74) is 1.40. The number of carboxylic acids is 2. The van der Waals surface area contributed by atoms with Crippen LogP contribution in [0.5, 0.6) is 0 Å². The lowest BCUT2D eigenvalue weighted by molar-refractivity contribution is -0.193. The summed E-state index contributed by atoms with van der Waals surface area (Å²) in [5, 5.41) is 16.4. The summed E-state index contributed by atoms with van der Waals surface area (Å²) in [6.07, 6.45) is -8.97. The van der Waals surface area contributed by atoms with Crippen LogP contribution in [-0.2, 0) is 27.4 Å². The van der Waals surface area contributed by atoms with Crippen molar-refractivity contribution in [3.8, 4) is 0 Å². The Morgan fingerprint density at radius 3 is 1.92 bits per heavy atom. The van der Waals surface area contributed by atoms with Gasteiger partial charge in [-0.15, -0.1) is 11.3 Å². The highest BCUT2D eigenvalue weighted by Crippen LogP contribution is 2.35. The maximum Gasteiger partial charge on any atom is 0.490 e. The highest BCUT2D eigenvalue weighted by Gasteiger charge is 2.41. The maximum absolute atomic E-state index is 13.1. The summed E-state index contributed by atoms with van der Waals surface area (Å²) in [5.74, 6) is -5.68. The molecule has 0 saturated carbocycles. The molecule has 1 atom stereocenters. The van der Waals surface area contributed by atoms with Gasteiger partial charge in [0.05, 0.1) is 13.2 Å². The number of aliphatic carboxylic acids is 2. The van der Waals surface area contributed by atoms with E-state index >= 15 is 0 Å². The van der Waals surface area contributed by atoms with Crippen LogP contribution in [-0.4, -0.2) is 83.7 Å². The van der Waals surface area contributed by atoms with Crippen molar-refractivity contribution in [3.05, 3.63) is 58.0 Å². The molecule has 1 unspecified atom stereocenters. The number of thiophene rings is 1. The smallest absolute Gasteiger partial charge is 0.475 e. The second-order valence-corrected chi connectivity index (χ2v) is 10.1. The lowest BCUT2D eigenvalue weighted by Gasteiger charge is -2.32. The zero-order valence-electron chi connectivity index (χ0n) is 20.5. The van der Waals surface area contributed by atoms with E-state index in [1.807, 2.05) is 23.5 Å². The monoisotopic (exact) mass is 588 g/mol. The Kier molecular flexibility index (Phi) is 11.7. The van der Waals surface area contributed by atoms with Crippen molar-refractivity contribution in [3.63, 3.8) is 0 Å². The van der Waals surface area contributed by atoms with Crippen molar-refractivity contribution in [2.24, 2.45) is 5.41 Å². The molecule has 15 heteroatoms. The first-order valence-electron chi connectivity index (χ1n) is 11.5. The second-order valence-electron chi connectivity index (χ2n) is 9.04. The van der Waals surface area contributed by atoms with E-state index in [2.05, 4.69) is 27.3 Å². The van der Waals surface area contributed by atoms with Crippen LogP contribution in [0.25, 0.3) is 0 Å². The Morgan fingerprint density at radius 2 is 1.44 bits per heavy atom. The number of benzene rings is 1. The van der Waals surface area contributed by atoms with E-state index in [1.54, 1.807) is 12.1 Å². The van der Waals surface area contributed by atoms with E-state index in [1.165, 1.54) is 16.9 Å². The first-order chi connectivity index (χ1) is 18.1. The van der Waals surface area contributed by atoms with Gasteiger partial charge in [-0.3, -0.25) is 9.80 Å². The van der Waals surface area contributed by atoms with Gasteiger partial charge in [0.15, 0.2) is 0 Å². The van der Waals surface area contributed by atoms with E-state index in [0.717, 1.165) is 52.5 Å². The molecule has 2 saturated heterocycles. The number of likely N-dealkylation sites (tertiary alicyclic amines) is 1. The zero-order valence-corrected chi connectivity index (χ0v) is 21.3. The third-order valence-electron chi connectivity index (χ3n) is 5.80. The van der Waals surface area contributed by atoms with Crippen LogP contribution in [0.2, 0.25) is 0 Å². The van der Waals surface area contributed by atoms with Gasteiger partial charge in [0.25, 0.3) is 0 Å². The first-order valence-corrected chi connectivity index (χ1v) is 12.4. The van der Waals surface area contributed by atoms with Gasteiger partial charge in [0.2, 0.25) is 0 Å². The molecule has 2 fully saturated rings. The molecule has 0 amide bonds. The third-order valence-corrected chi connectivity index (χ3v) is 6.66. The minimum absolute atomic E-state index is 0.167. The van der Waals surface area contributed by atoms with Crippen LogP contribution in [0, 0.1) is 11.2 Å². The first kappa shape index (κ1) is 32.5. The van der Waals surface area contributed by atoms with Crippen LogP contribution in [0.3, 0.4) is 0 Å². The molecule has 0 radical (unpaired) electrons. The summed E-state index contributed by atoms with van der Waals surface area (Å²) in [7, 11) is 0. The molecule has 0 aliphatic carbocycles. The normalized spacial score (nSPS) is 20.4. The molecular formula is C24H27F7N2O5S. The summed E-state index contributed by atoms with van der Waals surface area (Å²) in [4.78, 5) is 24.3. The van der Waals surface area contributed by atoms with Gasteiger partial charge in [-0.25, -0.2) is 14.0 Å². The molecule has 2 N–H and O–H groups in total. The predicted molar refractivity (Wildman–Crippen MR) is 127 cm³/mol. The van der Waals surface area contributed by atoms with Crippen LogP contribution in [0.1, 0.15) is 16.9 Å². The summed E-state index contributed by atoms with van der Waals surface area (Å²) < 4.78 is 82.6. The number of carboxylic acid groups (broad SMARTS) is 2. The summed E-state index contributed by atoms with van der Waals surface area (Å²) >= 11 is 1.84. The standard InChI is InChI=1S/C20H25FN2OS.2C2HF3O2/c21-18-5-3-17(4-6-18)12-23-9-10-24-16-20(15-23)7-8-22(14-20)13-19-2-1-11-25-19;2*3-2(4,5)1(6)7/h1-6,11H,7-10,12-16H2;2*(H,6,7). The minimum Gasteiger partial charge on any atom is -0.475 e. The molecule has 1 spiro atoms. The lowest BCUT2D eigenvalue weighted by atomic mass is 9.87. The van der Waals surface area contributed by atoms with Crippen LogP contribution < -0.4 is 0 Å². The lowest BCUT2D eigenvalue weighted by Crippen LogP contribution is -2.40. The molecule has 218 valence electrons. The van der Waals surface area contributed by atoms with Crippen LogP contribution in [0.4, 0.5) is 30.7 Å². The quantitative estimate of drug-likeness (QED) is 0.493. The van der Waals surface area contributed by atoms with Gasteiger partial charge in [0, 0.05) is 43.0 Å². The fourth-order valence-electron chi connectivity index (χ4n) is 4.10. The number of alkyl halides is 6. The van der Waals surface area contributed by atoms with Crippen molar-refractivity contribution in [1.82, 2.24) is 9.80 Å². The Labute approximate surface area is 223 Å². The highest BCUT2D eigenvalue weighted by atomic mass is 32.1. The highest BCUT2D eigenvalue weighted by molar-refractivity contribution is 7.09. The fourth-order valence-corrected chi connectivity index (χ4v) is 4.84. The molecular weight excluding hydrogens is 561 g/mol. The number of nitrogens with zero attached hydrogens (tertiary/aromatic N) is 2. The Balaban J connectivity index is 0.000000317. The van der Waals surface area contributed by atoms with Gasteiger partial charge in [-0.05, 0) is 42.1 Å². The number of carbonyl (C=O) groups is 2. The van der Waals surface area contributed by atoms with Crippen molar-refractivity contribution < 1.29 is 55.3 Å². The van der Waals surface area contributed by atoms with E-state index in [9.17, 15) is 30.7 Å². The number of rotatable bonds is 4. The largest absolute Gasteiger partial charge is 0.490 e. The Bertz CT molecular complexity index is 1020. The van der Waals surface area contributed by atoms with Gasteiger partial charge in [-0.1, -0.05) is 18.2 Å². The topological polar surface area (TPSA) is 90.3 Å². The molecule has 4 rings (SSSR count). The zero-order chi connectivity index (χ0) is 29.3. The average Bonchev–Trinajstić information content (AvgIpc) is 3.43. The molecule has 1 aromatic carbocycles. The molecule has 1 aromatic heterocycles. The van der Waals surface area contributed by atoms with Crippen molar-refractivity contribution >= 4 is 23.3 Å². The van der Waals surface area contributed by atoms with Gasteiger partial charge in [-0.2, -0.15) is 26.3 Å². The predicted octanol–water partition coefficient (Wildman–Crippen LogP) is 4.88. The fraction of sp³-hybridized carbons (Fsp3) is 0.500. The van der Waals surface area contributed by atoms with E-state index in [4.69, 9.17) is 24.5 Å². The number of halogens is 7. The summed E-state index contributed by atoms with van der Waals surface area (Å²) in [6.45, 7) is 7.82. The average molecular weight is 589 g/mol. The molecule has 2 aromatic rings. The van der Waals surface area contributed by atoms with Crippen LogP contribution >= 0.6 is 11.3 Å². The number of hydrogen-bond donors (Lipinski definition) is 2. The Hall–Kier alpha value is -2.75. The molecule has 3 heterocycles. The van der Waals surface area contributed by atoms with E-state index in [-0.39, 0.29) is 11.2 Å². The molecule has 0 bridgehead atoms. The molecule has 39 heavy (non-hydrogen) atoms. The Morgan fingerprint density at radius 1 is 0.897 bits per heavy atom. The molecule has 2 aliphatic heterocycles. The third kappa shape index (κ3) is 11.5. The van der Waals surface area contributed by atoms with Gasteiger partial charge >= 0.3 is 24.3 Å². The molecule has 2 aliphatic rings. The minimum atomic E-state index is -5.08. The van der Waals surface area contributed by atoms with Crippen molar-refractivity contribution in [2.75, 3.05) is 39.4 Å². The SMILES string of the molecule is Fc1ccc(CN2CCOCC3(CCN(Cc4cccs4)C3)C2)cc1.O=C(O)C(F)(F)F.O=C(O)C(F)(F)F. The van der Waals surface area contributed by atoms with Gasteiger partial charge < -0.3 is 14.9 Å². The summed E-state index contributed by atoms with van der Waals surface area (Å²) in [6, 6.07) is 11.2. The van der Waals surface area contributed by atoms with Crippen molar-refractivity contribution in [2.45, 2.75) is 31.9 Å².